The fourth-order valence-corrected chi connectivity index (χ4v) is 2.92. The van der Waals surface area contributed by atoms with Crippen molar-refractivity contribution in [1.82, 2.24) is 20.5 Å². The van der Waals surface area contributed by atoms with Gasteiger partial charge in [0.15, 0.2) is 4.34 Å². The lowest BCUT2D eigenvalue weighted by Gasteiger charge is -2.04. The number of thioether (sulfide) groups is 1. The van der Waals surface area contributed by atoms with Crippen LogP contribution in [0.3, 0.4) is 0 Å². The maximum absolute atomic E-state index is 11.7. The highest BCUT2D eigenvalue weighted by Gasteiger charge is 2.09. The fraction of sp³-hybridized carbons (Fsp3) is 0.333. The number of hydrogen-bond acceptors (Lipinski definition) is 7. The minimum absolute atomic E-state index is 0.0274. The third-order valence-electron chi connectivity index (χ3n) is 2.32. The van der Waals surface area contributed by atoms with Crippen LogP contribution < -0.4 is 10.2 Å². The Kier molecular flexibility index (Phi) is 5.31. The number of carbonyl (C=O) groups is 1. The quantitative estimate of drug-likeness (QED) is 0.814. The van der Waals surface area contributed by atoms with E-state index in [1.54, 1.807) is 12.4 Å². The highest BCUT2D eigenvalue weighted by atomic mass is 32.2. The van der Waals surface area contributed by atoms with Gasteiger partial charge in [0.25, 0.3) is 0 Å². The first kappa shape index (κ1) is 14.7. The van der Waals surface area contributed by atoms with E-state index in [1.165, 1.54) is 23.1 Å². The average Bonchev–Trinajstić information content (AvgIpc) is 2.93. The molecule has 0 fully saturated rings. The molecule has 0 saturated carbocycles. The Morgan fingerprint density at radius 1 is 1.45 bits per heavy atom. The number of anilines is 1. The number of nitrogens with zero attached hydrogens (tertiary/aromatic N) is 4. The standard InChI is InChI=1S/C12H15N5OS2/c1-17(2)11-15-16-12(20-11)19-8-10(18)14-7-9-4-3-5-13-6-9/h3-6H,7-8H2,1-2H3,(H,14,18). The molecule has 0 atom stereocenters. The summed E-state index contributed by atoms with van der Waals surface area (Å²) in [7, 11) is 3.82. The summed E-state index contributed by atoms with van der Waals surface area (Å²) in [6.45, 7) is 0.492. The third-order valence-corrected chi connectivity index (χ3v) is 4.54. The van der Waals surface area contributed by atoms with Crippen LogP contribution in [0.25, 0.3) is 0 Å². The zero-order valence-electron chi connectivity index (χ0n) is 11.2. The third kappa shape index (κ3) is 4.46. The second-order valence-electron chi connectivity index (χ2n) is 4.17. The molecule has 106 valence electrons. The molecule has 2 aromatic rings. The molecule has 20 heavy (non-hydrogen) atoms. The molecule has 0 spiro atoms. The summed E-state index contributed by atoms with van der Waals surface area (Å²) >= 11 is 2.87. The molecule has 1 amide bonds. The summed E-state index contributed by atoms with van der Waals surface area (Å²) in [4.78, 5) is 17.6. The fourth-order valence-electron chi connectivity index (χ4n) is 1.32. The predicted molar refractivity (Wildman–Crippen MR) is 81.0 cm³/mol. The number of rotatable bonds is 6. The van der Waals surface area contributed by atoms with E-state index in [-0.39, 0.29) is 5.91 Å². The summed E-state index contributed by atoms with van der Waals surface area (Å²) in [5.41, 5.74) is 0.983. The molecule has 0 unspecified atom stereocenters. The molecular weight excluding hydrogens is 294 g/mol. The van der Waals surface area contributed by atoms with Crippen molar-refractivity contribution in [3.63, 3.8) is 0 Å². The lowest BCUT2D eigenvalue weighted by Crippen LogP contribution is -2.24. The van der Waals surface area contributed by atoms with Crippen molar-refractivity contribution in [3.05, 3.63) is 30.1 Å². The van der Waals surface area contributed by atoms with Gasteiger partial charge in [-0.2, -0.15) is 0 Å². The van der Waals surface area contributed by atoms with E-state index in [4.69, 9.17) is 0 Å². The van der Waals surface area contributed by atoms with Crippen molar-refractivity contribution in [2.45, 2.75) is 10.9 Å². The van der Waals surface area contributed by atoms with Gasteiger partial charge in [0.05, 0.1) is 5.75 Å². The van der Waals surface area contributed by atoms with Crippen LogP contribution in [-0.4, -0.2) is 40.9 Å². The van der Waals surface area contributed by atoms with E-state index >= 15 is 0 Å². The van der Waals surface area contributed by atoms with Crippen molar-refractivity contribution in [3.8, 4) is 0 Å². The average molecular weight is 309 g/mol. The molecule has 0 aliphatic rings. The minimum Gasteiger partial charge on any atom is -0.353 e. The van der Waals surface area contributed by atoms with E-state index in [9.17, 15) is 4.79 Å². The zero-order valence-corrected chi connectivity index (χ0v) is 12.9. The van der Waals surface area contributed by atoms with Gasteiger partial charge in [-0.25, -0.2) is 0 Å². The van der Waals surface area contributed by atoms with Gasteiger partial charge in [-0.1, -0.05) is 29.2 Å². The van der Waals surface area contributed by atoms with E-state index in [0.29, 0.717) is 12.3 Å². The lowest BCUT2D eigenvalue weighted by atomic mass is 10.3. The van der Waals surface area contributed by atoms with Gasteiger partial charge in [0.2, 0.25) is 11.0 Å². The number of carbonyl (C=O) groups excluding carboxylic acids is 1. The summed E-state index contributed by atoms with van der Waals surface area (Å²) in [5, 5.41) is 11.7. The first-order chi connectivity index (χ1) is 9.65. The largest absolute Gasteiger partial charge is 0.353 e. The Bertz CT molecular complexity index is 558. The molecule has 2 heterocycles. The Hall–Kier alpha value is -1.67. The number of pyridine rings is 1. The second kappa shape index (κ2) is 7.20. The summed E-state index contributed by atoms with van der Waals surface area (Å²) in [6, 6.07) is 3.77. The van der Waals surface area contributed by atoms with Gasteiger partial charge in [0, 0.05) is 33.0 Å². The SMILES string of the molecule is CN(C)c1nnc(SCC(=O)NCc2cccnc2)s1. The van der Waals surface area contributed by atoms with Gasteiger partial charge in [-0.15, -0.1) is 10.2 Å². The van der Waals surface area contributed by atoms with E-state index in [2.05, 4.69) is 20.5 Å². The number of aromatic nitrogens is 3. The normalized spacial score (nSPS) is 10.3. The Labute approximate surface area is 125 Å². The van der Waals surface area contributed by atoms with Crippen LogP contribution in [0.5, 0.6) is 0 Å². The highest BCUT2D eigenvalue weighted by molar-refractivity contribution is 8.01. The van der Waals surface area contributed by atoms with Gasteiger partial charge < -0.3 is 10.2 Å². The molecule has 0 bridgehead atoms. The van der Waals surface area contributed by atoms with E-state index < -0.39 is 0 Å². The van der Waals surface area contributed by atoms with Crippen molar-refractivity contribution < 1.29 is 4.79 Å². The van der Waals surface area contributed by atoms with E-state index in [1.807, 2.05) is 31.1 Å². The molecule has 2 aromatic heterocycles. The monoisotopic (exact) mass is 309 g/mol. The van der Waals surface area contributed by atoms with Crippen LogP contribution >= 0.6 is 23.1 Å². The van der Waals surface area contributed by atoms with Gasteiger partial charge >= 0.3 is 0 Å². The zero-order chi connectivity index (χ0) is 14.4. The number of hydrogen-bond donors (Lipinski definition) is 1. The molecule has 1 N–H and O–H groups in total. The smallest absolute Gasteiger partial charge is 0.230 e. The van der Waals surface area contributed by atoms with Crippen LogP contribution in [-0.2, 0) is 11.3 Å². The van der Waals surface area contributed by atoms with Crippen molar-refractivity contribution in [2.75, 3.05) is 24.7 Å². The van der Waals surface area contributed by atoms with Crippen molar-refractivity contribution in [2.24, 2.45) is 0 Å². The first-order valence-corrected chi connectivity index (χ1v) is 7.74. The molecule has 0 saturated heterocycles. The first-order valence-electron chi connectivity index (χ1n) is 5.94. The molecule has 2 rings (SSSR count). The Balaban J connectivity index is 1.74. The molecule has 0 aromatic carbocycles. The topological polar surface area (TPSA) is 71.0 Å². The van der Waals surface area contributed by atoms with Crippen molar-refractivity contribution in [1.29, 1.82) is 0 Å². The predicted octanol–water partition coefficient (Wildman–Crippen LogP) is 1.41. The Morgan fingerprint density at radius 2 is 2.30 bits per heavy atom. The van der Waals surface area contributed by atoms with Crippen LogP contribution in [0, 0.1) is 0 Å². The van der Waals surface area contributed by atoms with Crippen LogP contribution in [0.15, 0.2) is 28.9 Å². The van der Waals surface area contributed by atoms with Crippen molar-refractivity contribution >= 4 is 34.1 Å². The second-order valence-corrected chi connectivity index (χ2v) is 6.35. The lowest BCUT2D eigenvalue weighted by molar-refractivity contribution is -0.118. The number of nitrogens with one attached hydrogen (secondary N) is 1. The molecular formula is C12H15N5OS2. The van der Waals surface area contributed by atoms with Crippen LogP contribution in [0.4, 0.5) is 5.13 Å². The molecule has 0 aliphatic heterocycles. The maximum atomic E-state index is 11.7. The molecule has 8 heteroatoms. The number of amides is 1. The summed E-state index contributed by atoms with van der Waals surface area (Å²) < 4.78 is 0.797. The van der Waals surface area contributed by atoms with Gasteiger partial charge in [-0.05, 0) is 11.6 Å². The van der Waals surface area contributed by atoms with Crippen LogP contribution in [0.1, 0.15) is 5.56 Å². The molecule has 0 aliphatic carbocycles. The maximum Gasteiger partial charge on any atom is 0.230 e. The minimum atomic E-state index is -0.0274. The molecule has 6 nitrogen and oxygen atoms in total. The van der Waals surface area contributed by atoms with Gasteiger partial charge in [0.1, 0.15) is 0 Å². The highest BCUT2D eigenvalue weighted by Crippen LogP contribution is 2.26. The van der Waals surface area contributed by atoms with Gasteiger partial charge in [-0.3, -0.25) is 9.78 Å². The summed E-state index contributed by atoms with van der Waals surface area (Å²) in [6.07, 6.45) is 3.44. The van der Waals surface area contributed by atoms with E-state index in [0.717, 1.165) is 15.0 Å². The van der Waals surface area contributed by atoms with Crippen LogP contribution in [0.2, 0.25) is 0 Å². The Morgan fingerprint density at radius 3 is 2.95 bits per heavy atom. The molecule has 0 radical (unpaired) electrons. The summed E-state index contributed by atoms with van der Waals surface area (Å²) in [5.74, 6) is 0.308.